The second-order valence-electron chi connectivity index (χ2n) is 8.55. The summed E-state index contributed by atoms with van der Waals surface area (Å²) >= 11 is 1.41. The minimum absolute atomic E-state index is 0.0445. The average Bonchev–Trinajstić information content (AvgIpc) is 3.24. The maximum atomic E-state index is 12.9. The number of rotatable bonds is 10. The Kier molecular flexibility index (Phi) is 8.55. The first-order valence-corrected chi connectivity index (χ1v) is 12.5. The van der Waals surface area contributed by atoms with Crippen LogP contribution in [0.2, 0.25) is 0 Å². The molecular formula is C26H34N4O2S. The Morgan fingerprint density at radius 2 is 1.67 bits per heavy atom. The summed E-state index contributed by atoms with van der Waals surface area (Å²) in [6.45, 7) is 13.1. The molecule has 0 aliphatic rings. The van der Waals surface area contributed by atoms with E-state index < -0.39 is 0 Å². The molecule has 0 saturated heterocycles. The Hall–Kier alpha value is -2.80. The quantitative estimate of drug-likeness (QED) is 0.330. The molecule has 1 amide bonds. The lowest BCUT2D eigenvalue weighted by Gasteiger charge is -2.21. The maximum Gasteiger partial charge on any atom is 0.237 e. The number of benzene rings is 2. The van der Waals surface area contributed by atoms with Gasteiger partial charge in [0, 0.05) is 18.3 Å². The molecule has 1 heterocycles. The van der Waals surface area contributed by atoms with Crippen LogP contribution in [0.3, 0.4) is 0 Å². The third kappa shape index (κ3) is 6.16. The van der Waals surface area contributed by atoms with Gasteiger partial charge < -0.3 is 14.2 Å². The summed E-state index contributed by atoms with van der Waals surface area (Å²) in [4.78, 5) is 14.7. The van der Waals surface area contributed by atoms with Crippen molar-refractivity contribution in [3.05, 3.63) is 66.0 Å². The Morgan fingerprint density at radius 1 is 1.00 bits per heavy atom. The third-order valence-corrected chi connectivity index (χ3v) is 6.37. The monoisotopic (exact) mass is 466 g/mol. The third-order valence-electron chi connectivity index (χ3n) is 5.44. The zero-order valence-corrected chi connectivity index (χ0v) is 21.2. The van der Waals surface area contributed by atoms with Crippen molar-refractivity contribution in [2.75, 3.05) is 17.2 Å². The summed E-state index contributed by atoms with van der Waals surface area (Å²) in [5, 5.41) is 9.54. The van der Waals surface area contributed by atoms with E-state index in [-0.39, 0.29) is 18.1 Å². The molecule has 0 radical (unpaired) electrons. The molecular weight excluding hydrogens is 432 g/mol. The molecule has 0 aliphatic heterocycles. The lowest BCUT2D eigenvalue weighted by molar-refractivity contribution is -0.116. The number of amides is 1. The SMILES string of the molecule is CCN(C(=O)CSc1nnc(C(C)Oc2ccc(C(C)C)cc2)n1C(C)C)c1ccccc1. The van der Waals surface area contributed by atoms with E-state index in [1.807, 2.05) is 56.3 Å². The highest BCUT2D eigenvalue weighted by Crippen LogP contribution is 2.29. The van der Waals surface area contributed by atoms with Crippen molar-refractivity contribution in [2.24, 2.45) is 0 Å². The largest absolute Gasteiger partial charge is 0.483 e. The highest BCUT2D eigenvalue weighted by atomic mass is 32.2. The van der Waals surface area contributed by atoms with Gasteiger partial charge in [-0.3, -0.25) is 4.79 Å². The second kappa shape index (κ2) is 11.4. The van der Waals surface area contributed by atoms with Gasteiger partial charge in [0.05, 0.1) is 5.75 Å². The van der Waals surface area contributed by atoms with Crippen molar-refractivity contribution in [3.8, 4) is 5.75 Å². The lowest BCUT2D eigenvalue weighted by atomic mass is 10.0. The molecule has 0 N–H and O–H groups in total. The van der Waals surface area contributed by atoms with Crippen LogP contribution in [0, 0.1) is 0 Å². The number of anilines is 1. The van der Waals surface area contributed by atoms with Crippen molar-refractivity contribution in [1.82, 2.24) is 14.8 Å². The fraction of sp³-hybridized carbons (Fsp3) is 0.423. The summed E-state index contributed by atoms with van der Waals surface area (Å²) in [6.07, 6.45) is -0.272. The van der Waals surface area contributed by atoms with Crippen molar-refractivity contribution in [1.29, 1.82) is 0 Å². The number of hydrogen-bond acceptors (Lipinski definition) is 5. The van der Waals surface area contributed by atoms with Crippen LogP contribution in [0.4, 0.5) is 5.69 Å². The molecule has 0 spiro atoms. The Morgan fingerprint density at radius 3 is 2.24 bits per heavy atom. The molecule has 176 valence electrons. The molecule has 0 saturated carbocycles. The molecule has 1 atom stereocenters. The van der Waals surface area contributed by atoms with E-state index in [9.17, 15) is 4.79 Å². The summed E-state index contributed by atoms with van der Waals surface area (Å²) in [7, 11) is 0. The van der Waals surface area contributed by atoms with Gasteiger partial charge in [-0.2, -0.15) is 0 Å². The molecule has 7 heteroatoms. The summed E-state index contributed by atoms with van der Waals surface area (Å²) in [5.41, 5.74) is 2.18. The first-order chi connectivity index (χ1) is 15.8. The normalized spacial score (nSPS) is 12.2. The van der Waals surface area contributed by atoms with Gasteiger partial charge in [-0.05, 0) is 63.4 Å². The second-order valence-corrected chi connectivity index (χ2v) is 9.49. The van der Waals surface area contributed by atoms with E-state index in [2.05, 4.69) is 54.6 Å². The standard InChI is InChI=1S/C26H34N4O2S/c1-7-29(22-11-9-8-10-12-22)24(31)17-33-26-28-27-25(30(26)19(4)5)20(6)32-23-15-13-21(14-16-23)18(2)3/h8-16,18-20H,7,17H2,1-6H3. The van der Waals surface area contributed by atoms with Crippen molar-refractivity contribution in [2.45, 2.75) is 64.8 Å². The number of para-hydroxylation sites is 1. The Bertz CT molecular complexity index is 1030. The minimum atomic E-state index is -0.272. The van der Waals surface area contributed by atoms with Crippen molar-refractivity contribution >= 4 is 23.4 Å². The van der Waals surface area contributed by atoms with E-state index in [1.165, 1.54) is 17.3 Å². The van der Waals surface area contributed by atoms with Gasteiger partial charge in [-0.15, -0.1) is 10.2 Å². The van der Waals surface area contributed by atoms with E-state index >= 15 is 0 Å². The Labute approximate surface area is 201 Å². The highest BCUT2D eigenvalue weighted by molar-refractivity contribution is 7.99. The summed E-state index contributed by atoms with van der Waals surface area (Å²) < 4.78 is 8.23. The first-order valence-electron chi connectivity index (χ1n) is 11.5. The maximum absolute atomic E-state index is 12.9. The minimum Gasteiger partial charge on any atom is -0.483 e. The molecule has 1 unspecified atom stereocenters. The fourth-order valence-corrected chi connectivity index (χ4v) is 4.60. The summed E-state index contributed by atoms with van der Waals surface area (Å²) in [6, 6.07) is 18.1. The summed E-state index contributed by atoms with van der Waals surface area (Å²) in [5.74, 6) is 2.37. The molecule has 0 fully saturated rings. The lowest BCUT2D eigenvalue weighted by Crippen LogP contribution is -2.32. The molecule has 33 heavy (non-hydrogen) atoms. The topological polar surface area (TPSA) is 60.3 Å². The molecule has 6 nitrogen and oxygen atoms in total. The number of ether oxygens (including phenoxy) is 1. The van der Waals surface area contributed by atoms with E-state index in [4.69, 9.17) is 4.74 Å². The predicted molar refractivity (Wildman–Crippen MR) is 135 cm³/mol. The number of aromatic nitrogens is 3. The van der Waals surface area contributed by atoms with Crippen molar-refractivity contribution < 1.29 is 9.53 Å². The van der Waals surface area contributed by atoms with Crippen LogP contribution in [0.1, 0.15) is 71.0 Å². The van der Waals surface area contributed by atoms with E-state index in [1.54, 1.807) is 4.90 Å². The van der Waals surface area contributed by atoms with Crippen LogP contribution in [0.25, 0.3) is 0 Å². The zero-order valence-electron chi connectivity index (χ0n) is 20.4. The number of thioether (sulfide) groups is 1. The zero-order chi connectivity index (χ0) is 24.0. The van der Waals surface area contributed by atoms with E-state index in [0.29, 0.717) is 18.2 Å². The van der Waals surface area contributed by atoms with Crippen molar-refractivity contribution in [3.63, 3.8) is 0 Å². The van der Waals surface area contributed by atoms with Gasteiger partial charge in [-0.25, -0.2) is 0 Å². The number of carbonyl (C=O) groups excluding carboxylic acids is 1. The molecule has 2 aromatic carbocycles. The average molecular weight is 467 g/mol. The molecule has 0 aliphatic carbocycles. The van der Waals surface area contributed by atoms with Crippen LogP contribution in [0.5, 0.6) is 5.75 Å². The molecule has 3 aromatic rings. The molecule has 0 bridgehead atoms. The smallest absolute Gasteiger partial charge is 0.237 e. The Balaban J connectivity index is 1.71. The van der Waals surface area contributed by atoms with Gasteiger partial charge in [0.25, 0.3) is 0 Å². The molecule has 3 rings (SSSR count). The van der Waals surface area contributed by atoms with Gasteiger partial charge in [0.15, 0.2) is 17.1 Å². The van der Waals surface area contributed by atoms with Gasteiger partial charge in [-0.1, -0.05) is 55.9 Å². The van der Waals surface area contributed by atoms with Gasteiger partial charge in [0.2, 0.25) is 5.91 Å². The van der Waals surface area contributed by atoms with Crippen LogP contribution in [-0.4, -0.2) is 33.0 Å². The highest BCUT2D eigenvalue weighted by Gasteiger charge is 2.23. The number of hydrogen-bond donors (Lipinski definition) is 0. The van der Waals surface area contributed by atoms with Gasteiger partial charge in [0.1, 0.15) is 5.75 Å². The fourth-order valence-electron chi connectivity index (χ4n) is 3.65. The number of nitrogens with zero attached hydrogens (tertiary/aromatic N) is 4. The predicted octanol–water partition coefficient (Wildman–Crippen LogP) is 6.27. The number of carbonyl (C=O) groups is 1. The van der Waals surface area contributed by atoms with E-state index in [0.717, 1.165) is 22.4 Å². The van der Waals surface area contributed by atoms with Crippen LogP contribution < -0.4 is 9.64 Å². The molecule has 1 aromatic heterocycles. The first kappa shape index (κ1) is 24.8. The van der Waals surface area contributed by atoms with Crippen LogP contribution >= 0.6 is 11.8 Å². The van der Waals surface area contributed by atoms with Gasteiger partial charge >= 0.3 is 0 Å². The van der Waals surface area contributed by atoms with Crippen LogP contribution in [0.15, 0.2) is 59.8 Å². The van der Waals surface area contributed by atoms with Crippen LogP contribution in [-0.2, 0) is 4.79 Å².